The van der Waals surface area contributed by atoms with E-state index in [1.807, 2.05) is 34.5 Å². The zero-order chi connectivity index (χ0) is 19.3. The van der Waals surface area contributed by atoms with Crippen LogP contribution in [0.1, 0.15) is 61.4 Å². The minimum atomic E-state index is -0.579. The second-order valence-electron chi connectivity index (χ2n) is 7.81. The number of carbonyl (C=O) groups excluding carboxylic acids is 2. The van der Waals surface area contributed by atoms with Crippen LogP contribution >= 0.6 is 11.3 Å². The molecule has 2 saturated carbocycles. The van der Waals surface area contributed by atoms with Crippen molar-refractivity contribution in [2.24, 2.45) is 0 Å². The highest BCUT2D eigenvalue weighted by atomic mass is 32.1. The molecule has 2 aliphatic rings. The fourth-order valence-electron chi connectivity index (χ4n) is 4.08. The summed E-state index contributed by atoms with van der Waals surface area (Å²) < 4.78 is 0. The molecule has 0 aliphatic heterocycles. The molecule has 28 heavy (non-hydrogen) atoms. The summed E-state index contributed by atoms with van der Waals surface area (Å²) in [6.07, 6.45) is 11.3. The Morgan fingerprint density at radius 2 is 1.86 bits per heavy atom. The van der Waals surface area contributed by atoms with Gasteiger partial charge in [0.1, 0.15) is 6.04 Å². The molecule has 2 aliphatic carbocycles. The number of thiophene rings is 1. The highest BCUT2D eigenvalue weighted by Crippen LogP contribution is 2.36. The van der Waals surface area contributed by atoms with Gasteiger partial charge in [0.25, 0.3) is 0 Å². The molecule has 2 amide bonds. The van der Waals surface area contributed by atoms with E-state index in [9.17, 15) is 9.59 Å². The van der Waals surface area contributed by atoms with Gasteiger partial charge >= 0.3 is 0 Å². The molecule has 2 aromatic rings. The van der Waals surface area contributed by atoms with E-state index in [0.717, 1.165) is 49.0 Å². The summed E-state index contributed by atoms with van der Waals surface area (Å²) in [7, 11) is 0. The Bertz CT molecular complexity index is 783. The summed E-state index contributed by atoms with van der Waals surface area (Å²) in [5.41, 5.74) is 0.842. The molecule has 2 heterocycles. The lowest BCUT2D eigenvalue weighted by Crippen LogP contribution is -2.48. The highest BCUT2D eigenvalue weighted by molar-refractivity contribution is 7.10. The zero-order valence-corrected chi connectivity index (χ0v) is 16.9. The first kappa shape index (κ1) is 19.1. The van der Waals surface area contributed by atoms with Gasteiger partial charge in [0.15, 0.2) is 0 Å². The van der Waals surface area contributed by atoms with Crippen molar-refractivity contribution >= 4 is 23.2 Å². The van der Waals surface area contributed by atoms with Crippen molar-refractivity contribution in [1.29, 1.82) is 0 Å². The topological polar surface area (TPSA) is 62.3 Å². The molecule has 6 heteroatoms. The molecule has 0 bridgehead atoms. The van der Waals surface area contributed by atoms with Crippen LogP contribution in [0.4, 0.5) is 0 Å². The van der Waals surface area contributed by atoms with Gasteiger partial charge in [-0.3, -0.25) is 14.6 Å². The summed E-state index contributed by atoms with van der Waals surface area (Å²) in [6.45, 7) is 0. The third-order valence-corrected chi connectivity index (χ3v) is 6.51. The molecule has 0 unspecified atom stereocenters. The number of pyridine rings is 1. The lowest BCUT2D eigenvalue weighted by atomic mass is 9.94. The van der Waals surface area contributed by atoms with Gasteiger partial charge in [0.2, 0.25) is 11.8 Å². The van der Waals surface area contributed by atoms with Crippen LogP contribution in [0.2, 0.25) is 0 Å². The Hall–Kier alpha value is -2.21. The number of hydrogen-bond donors (Lipinski definition) is 1. The first-order valence-corrected chi connectivity index (χ1v) is 11.1. The van der Waals surface area contributed by atoms with Gasteiger partial charge in [0.05, 0.1) is 6.42 Å². The Kier molecular flexibility index (Phi) is 6.05. The van der Waals surface area contributed by atoms with Crippen LogP contribution in [-0.4, -0.2) is 33.8 Å². The van der Waals surface area contributed by atoms with E-state index in [2.05, 4.69) is 10.3 Å². The largest absolute Gasteiger partial charge is 0.351 e. The molecule has 2 aromatic heterocycles. The molecule has 0 saturated heterocycles. The number of aromatic nitrogens is 1. The fourth-order valence-corrected chi connectivity index (χ4v) is 4.77. The van der Waals surface area contributed by atoms with Crippen molar-refractivity contribution < 1.29 is 9.59 Å². The summed E-state index contributed by atoms with van der Waals surface area (Å²) in [5, 5.41) is 5.23. The molecule has 1 N–H and O–H groups in total. The molecule has 5 nitrogen and oxygen atoms in total. The van der Waals surface area contributed by atoms with Crippen molar-refractivity contribution in [1.82, 2.24) is 15.2 Å². The number of carbonyl (C=O) groups is 2. The Morgan fingerprint density at radius 3 is 2.50 bits per heavy atom. The number of nitrogens with zero attached hydrogens (tertiary/aromatic N) is 2. The fraction of sp³-hybridized carbons (Fsp3) is 0.500. The van der Waals surface area contributed by atoms with Gasteiger partial charge in [-0.05, 0) is 54.8 Å². The summed E-state index contributed by atoms with van der Waals surface area (Å²) >= 11 is 1.59. The van der Waals surface area contributed by atoms with Gasteiger partial charge in [0, 0.05) is 29.4 Å². The zero-order valence-electron chi connectivity index (χ0n) is 16.0. The van der Waals surface area contributed by atoms with Crippen LogP contribution in [0.5, 0.6) is 0 Å². The van der Waals surface area contributed by atoms with Crippen LogP contribution < -0.4 is 5.32 Å². The first-order valence-electron chi connectivity index (χ1n) is 10.3. The van der Waals surface area contributed by atoms with Crippen LogP contribution in [0.3, 0.4) is 0 Å². The standard InChI is InChI=1S/C22H27N3O2S/c26-20(15-19-7-4-14-28-19)25(18-8-9-18)21(16-10-12-23-13-11-16)22(27)24-17-5-2-1-3-6-17/h4,7,10-14,17-18,21H,1-3,5-6,8-9,15H2,(H,24,27)/t21-/m1/s1. The maximum atomic E-state index is 13.4. The summed E-state index contributed by atoms with van der Waals surface area (Å²) in [4.78, 5) is 33.6. The van der Waals surface area contributed by atoms with Gasteiger partial charge < -0.3 is 10.2 Å². The van der Waals surface area contributed by atoms with Crippen LogP contribution in [0.25, 0.3) is 0 Å². The first-order chi connectivity index (χ1) is 13.7. The van der Waals surface area contributed by atoms with E-state index in [0.29, 0.717) is 6.42 Å². The predicted octanol–water partition coefficient (Wildman–Crippen LogP) is 3.87. The number of amides is 2. The van der Waals surface area contributed by atoms with E-state index >= 15 is 0 Å². The van der Waals surface area contributed by atoms with E-state index in [1.54, 1.807) is 23.7 Å². The minimum absolute atomic E-state index is 0.0329. The van der Waals surface area contributed by atoms with Crippen molar-refractivity contribution in [3.05, 3.63) is 52.5 Å². The van der Waals surface area contributed by atoms with Crippen LogP contribution in [0.15, 0.2) is 42.0 Å². The average Bonchev–Trinajstić information content (AvgIpc) is 3.42. The second kappa shape index (κ2) is 8.86. The number of hydrogen-bond acceptors (Lipinski definition) is 4. The molecule has 1 atom stereocenters. The maximum Gasteiger partial charge on any atom is 0.247 e. The van der Waals surface area contributed by atoms with Crippen molar-refractivity contribution in [3.63, 3.8) is 0 Å². The van der Waals surface area contributed by atoms with Gasteiger partial charge in [-0.1, -0.05) is 25.3 Å². The third kappa shape index (κ3) is 4.61. The molecule has 0 aromatic carbocycles. The molecular formula is C22H27N3O2S. The third-order valence-electron chi connectivity index (χ3n) is 5.63. The Morgan fingerprint density at radius 1 is 1.11 bits per heavy atom. The van der Waals surface area contributed by atoms with Gasteiger partial charge in [-0.15, -0.1) is 11.3 Å². The van der Waals surface area contributed by atoms with Crippen LogP contribution in [0, 0.1) is 0 Å². The molecule has 4 rings (SSSR count). The van der Waals surface area contributed by atoms with E-state index in [1.165, 1.54) is 6.42 Å². The Balaban J connectivity index is 1.58. The monoisotopic (exact) mass is 397 g/mol. The smallest absolute Gasteiger partial charge is 0.247 e. The highest BCUT2D eigenvalue weighted by Gasteiger charge is 2.41. The average molecular weight is 398 g/mol. The van der Waals surface area contributed by atoms with Crippen molar-refractivity contribution in [2.45, 2.75) is 69.5 Å². The molecular weight excluding hydrogens is 370 g/mol. The van der Waals surface area contributed by atoms with Crippen molar-refractivity contribution in [3.8, 4) is 0 Å². The number of nitrogens with one attached hydrogen (secondary N) is 1. The summed E-state index contributed by atoms with van der Waals surface area (Å²) in [6, 6.07) is 7.46. The summed E-state index contributed by atoms with van der Waals surface area (Å²) in [5.74, 6) is -0.0184. The Labute approximate surface area is 170 Å². The van der Waals surface area contributed by atoms with Gasteiger partial charge in [-0.25, -0.2) is 0 Å². The second-order valence-corrected chi connectivity index (χ2v) is 8.85. The van der Waals surface area contributed by atoms with Gasteiger partial charge in [-0.2, -0.15) is 0 Å². The molecule has 0 radical (unpaired) electrons. The maximum absolute atomic E-state index is 13.4. The normalized spacial score (nSPS) is 18.4. The van der Waals surface area contributed by atoms with Crippen LogP contribution in [-0.2, 0) is 16.0 Å². The lowest BCUT2D eigenvalue weighted by Gasteiger charge is -2.33. The van der Waals surface area contributed by atoms with Crippen molar-refractivity contribution in [2.75, 3.05) is 0 Å². The van der Waals surface area contributed by atoms with E-state index in [4.69, 9.17) is 0 Å². The SMILES string of the molecule is O=C(NC1CCCCC1)[C@@H](c1ccncc1)N(C(=O)Cc1cccs1)C1CC1. The molecule has 148 valence electrons. The quantitative estimate of drug-likeness (QED) is 0.771. The molecule has 2 fully saturated rings. The minimum Gasteiger partial charge on any atom is -0.351 e. The van der Waals surface area contributed by atoms with E-state index in [-0.39, 0.29) is 23.9 Å². The lowest BCUT2D eigenvalue weighted by molar-refractivity contribution is -0.141. The number of rotatable bonds is 7. The predicted molar refractivity (Wildman–Crippen MR) is 110 cm³/mol. The molecule has 0 spiro atoms. The van der Waals surface area contributed by atoms with E-state index < -0.39 is 6.04 Å².